The summed E-state index contributed by atoms with van der Waals surface area (Å²) >= 11 is 0.659. The molecule has 0 amide bonds. The number of aldehydes is 1. The van der Waals surface area contributed by atoms with Crippen LogP contribution in [0.15, 0.2) is 76.2 Å². The van der Waals surface area contributed by atoms with E-state index in [1.54, 1.807) is 43.2 Å². The van der Waals surface area contributed by atoms with Crippen molar-refractivity contribution < 1.29 is 26.6 Å². The van der Waals surface area contributed by atoms with E-state index in [2.05, 4.69) is 15.1 Å². The van der Waals surface area contributed by atoms with E-state index in [1.165, 1.54) is 18.3 Å². The maximum atomic E-state index is 13.2. The van der Waals surface area contributed by atoms with E-state index in [4.69, 9.17) is 5.73 Å². The molecule has 2 heterocycles. The Morgan fingerprint density at radius 1 is 1.26 bits per heavy atom. The first-order valence-corrected chi connectivity index (χ1v) is 15.2. The van der Waals surface area contributed by atoms with Crippen LogP contribution in [0, 0.1) is 24.1 Å². The Hall–Kier alpha value is -3.45. The number of rotatable bonds is 5. The van der Waals surface area contributed by atoms with E-state index >= 15 is 0 Å². The highest BCUT2D eigenvalue weighted by atomic mass is 32.2. The van der Waals surface area contributed by atoms with Gasteiger partial charge in [-0.1, -0.05) is 12.5 Å². The van der Waals surface area contributed by atoms with Gasteiger partial charge in [-0.15, -0.1) is 11.3 Å². The van der Waals surface area contributed by atoms with Crippen LogP contribution in [0.4, 0.5) is 23.2 Å². The van der Waals surface area contributed by atoms with Crippen LogP contribution in [0.1, 0.15) is 42.5 Å². The number of carbonyl (C=O) groups excluding carboxylic acids is 1. The molecule has 224 valence electrons. The maximum absolute atomic E-state index is 13.2. The molecule has 3 aromatic rings. The van der Waals surface area contributed by atoms with E-state index in [0.717, 1.165) is 36.5 Å². The van der Waals surface area contributed by atoms with Gasteiger partial charge >= 0.3 is 6.18 Å². The van der Waals surface area contributed by atoms with E-state index in [-0.39, 0.29) is 17.0 Å². The summed E-state index contributed by atoms with van der Waals surface area (Å²) in [6, 6.07) is 5.96. The molecule has 0 spiro atoms. The number of aliphatic imine (C=N–C) groups is 1. The topological polar surface area (TPSA) is 103 Å². The molecule has 0 radical (unpaired) electrons. The molecule has 4 atom stereocenters. The summed E-state index contributed by atoms with van der Waals surface area (Å²) in [5, 5.41) is 4.47. The van der Waals surface area contributed by atoms with Crippen molar-refractivity contribution >= 4 is 39.8 Å². The number of hydrogen-bond acceptors (Lipinski definition) is 7. The van der Waals surface area contributed by atoms with Crippen molar-refractivity contribution in [2.75, 3.05) is 0 Å². The lowest BCUT2D eigenvalue weighted by Gasteiger charge is -2.43. The smallest absolute Gasteiger partial charge is 0.404 e. The highest BCUT2D eigenvalue weighted by Gasteiger charge is 2.45. The van der Waals surface area contributed by atoms with Gasteiger partial charge in [0.05, 0.1) is 49.9 Å². The summed E-state index contributed by atoms with van der Waals surface area (Å²) < 4.78 is 63.3. The molecule has 0 aliphatic heterocycles. The van der Waals surface area contributed by atoms with Gasteiger partial charge in [0.1, 0.15) is 17.0 Å². The highest BCUT2D eigenvalue weighted by molar-refractivity contribution is 7.85. The molecule has 1 fully saturated rings. The third-order valence-electron chi connectivity index (χ3n) is 7.51. The Bertz CT molecular complexity index is 1540. The lowest BCUT2D eigenvalue weighted by atomic mass is 9.61. The van der Waals surface area contributed by atoms with Crippen LogP contribution in [-0.4, -0.2) is 36.2 Å². The minimum atomic E-state index is -4.23. The molecule has 4 unspecified atom stereocenters. The number of aromatic nitrogens is 3. The Balaban J connectivity index is 0.000000343. The summed E-state index contributed by atoms with van der Waals surface area (Å²) in [7, 11) is 0.608. The number of carbonyl (C=O) groups is 1. The summed E-state index contributed by atoms with van der Waals surface area (Å²) in [5.41, 5.74) is 8.41. The minimum Gasteiger partial charge on any atom is -0.404 e. The zero-order valence-electron chi connectivity index (χ0n) is 23.3. The molecule has 0 saturated heterocycles. The highest BCUT2D eigenvalue weighted by Crippen LogP contribution is 2.50. The van der Waals surface area contributed by atoms with Crippen LogP contribution >= 0.6 is 11.3 Å². The standard InChI is InChI=1S/C24H27FN4O2S.C5H4F3NS/c1-16(32(31)22-13-27-29(2)14-22)17-3-4-19-9-23(28-21-7-5-20(25)6-8-21)18(12-26)11-24(19,10-17)15-30;1-3-9-2-4(10-3)5(6,7)8/h5-9,12-17H,3-4,10-11,26H2,1-2H3;2H,1H3/b18-12-,28-23?;. The zero-order valence-corrected chi connectivity index (χ0v) is 24.9. The van der Waals surface area contributed by atoms with Crippen LogP contribution < -0.4 is 5.73 Å². The third-order valence-corrected chi connectivity index (χ3v) is 10.2. The van der Waals surface area contributed by atoms with Gasteiger partial charge in [0, 0.05) is 18.5 Å². The van der Waals surface area contributed by atoms with E-state index in [1.807, 2.05) is 13.0 Å². The molecule has 13 heteroatoms. The monoisotopic (exact) mass is 621 g/mol. The van der Waals surface area contributed by atoms with Crippen LogP contribution in [0.5, 0.6) is 0 Å². The zero-order chi connectivity index (χ0) is 30.7. The number of nitrogens with zero attached hydrogens (tertiary/aromatic N) is 4. The first-order valence-electron chi connectivity index (χ1n) is 13.2. The Morgan fingerprint density at radius 2 is 1.98 bits per heavy atom. The second kappa shape index (κ2) is 12.8. The minimum absolute atomic E-state index is 0.0999. The van der Waals surface area contributed by atoms with Crippen molar-refractivity contribution in [3.8, 4) is 0 Å². The van der Waals surface area contributed by atoms with Gasteiger partial charge in [-0.25, -0.2) is 14.4 Å². The van der Waals surface area contributed by atoms with Crippen molar-refractivity contribution in [1.29, 1.82) is 0 Å². The van der Waals surface area contributed by atoms with Crippen molar-refractivity contribution in [3.05, 3.63) is 82.0 Å². The number of thiazole rings is 1. The molecular formula is C29H31F4N5O2S2. The van der Waals surface area contributed by atoms with Gasteiger partial charge in [-0.3, -0.25) is 8.89 Å². The van der Waals surface area contributed by atoms with Crippen LogP contribution in [0.2, 0.25) is 0 Å². The first-order chi connectivity index (χ1) is 19.8. The van der Waals surface area contributed by atoms with Gasteiger partial charge in [-0.05, 0) is 80.6 Å². The van der Waals surface area contributed by atoms with Crippen molar-refractivity contribution in [3.63, 3.8) is 0 Å². The number of allylic oxidation sites excluding steroid dienone is 3. The van der Waals surface area contributed by atoms with Crippen LogP contribution in [-0.2, 0) is 28.8 Å². The fourth-order valence-corrected chi connectivity index (χ4v) is 7.30. The van der Waals surface area contributed by atoms with E-state index in [9.17, 15) is 26.6 Å². The normalized spacial score (nSPS) is 23.9. The number of benzene rings is 1. The van der Waals surface area contributed by atoms with E-state index in [0.29, 0.717) is 45.5 Å². The molecule has 0 bridgehead atoms. The van der Waals surface area contributed by atoms with Gasteiger partial charge in [0.2, 0.25) is 0 Å². The molecule has 5 rings (SSSR count). The fourth-order valence-electron chi connectivity index (χ4n) is 5.23. The first kappa shape index (κ1) is 31.5. The number of fused-ring (bicyclic) bond motifs is 1. The quantitative estimate of drug-likeness (QED) is 0.260. The second-order valence-electron chi connectivity index (χ2n) is 10.4. The average Bonchev–Trinajstić information content (AvgIpc) is 3.61. The number of halogens is 4. The lowest BCUT2D eigenvalue weighted by molar-refractivity contribution is -0.134. The van der Waals surface area contributed by atoms with Crippen LogP contribution in [0.3, 0.4) is 0 Å². The summed E-state index contributed by atoms with van der Waals surface area (Å²) in [5.74, 6) is -0.186. The summed E-state index contributed by atoms with van der Waals surface area (Å²) in [6.07, 6.45) is 7.20. The molecule has 1 aromatic carbocycles. The summed E-state index contributed by atoms with van der Waals surface area (Å²) in [6.45, 7) is 3.53. The maximum Gasteiger partial charge on any atom is 0.427 e. The SMILES string of the molecule is CC(C1CCC2=CC(=Nc3ccc(F)cc3)/C(=C\N)CC2(C=O)C1)S(=O)c1cnn(C)c1.Cc1ncc(C(F)(F)F)s1. The molecule has 2 N–H and O–H groups in total. The van der Waals surface area contributed by atoms with Gasteiger partial charge in [-0.2, -0.15) is 18.3 Å². The molecular weight excluding hydrogens is 590 g/mol. The van der Waals surface area contributed by atoms with Crippen molar-refractivity contribution in [2.45, 2.75) is 55.9 Å². The van der Waals surface area contributed by atoms with Gasteiger partial charge in [0.15, 0.2) is 0 Å². The molecule has 2 aromatic heterocycles. The largest absolute Gasteiger partial charge is 0.427 e. The third kappa shape index (κ3) is 7.12. The Labute approximate surface area is 247 Å². The fraction of sp³-hybridized carbons (Fsp3) is 0.379. The number of alkyl halides is 3. The molecule has 2 aliphatic carbocycles. The Morgan fingerprint density at radius 3 is 2.50 bits per heavy atom. The molecule has 2 aliphatic rings. The number of aryl methyl sites for hydroxylation is 2. The molecule has 42 heavy (non-hydrogen) atoms. The van der Waals surface area contributed by atoms with Crippen LogP contribution in [0.25, 0.3) is 0 Å². The second-order valence-corrected chi connectivity index (χ2v) is 13.4. The van der Waals surface area contributed by atoms with Crippen molar-refractivity contribution in [2.24, 2.45) is 29.1 Å². The van der Waals surface area contributed by atoms with E-state index < -0.39 is 27.3 Å². The predicted molar refractivity (Wildman–Crippen MR) is 155 cm³/mol. The lowest BCUT2D eigenvalue weighted by Crippen LogP contribution is -2.40. The average molecular weight is 622 g/mol. The van der Waals surface area contributed by atoms with Gasteiger partial charge in [0.25, 0.3) is 0 Å². The number of hydrogen-bond donors (Lipinski definition) is 1. The summed E-state index contributed by atoms with van der Waals surface area (Å²) in [4.78, 5) is 20.6. The Kier molecular flexibility index (Phi) is 9.61. The predicted octanol–water partition coefficient (Wildman–Crippen LogP) is 6.46. The van der Waals surface area contributed by atoms with Gasteiger partial charge < -0.3 is 10.5 Å². The molecule has 1 saturated carbocycles. The number of nitrogens with two attached hydrogens (primary N) is 1. The van der Waals surface area contributed by atoms with Crippen molar-refractivity contribution in [1.82, 2.24) is 14.8 Å². The molecule has 7 nitrogen and oxygen atoms in total.